The molecule has 2 rings (SSSR count). The topological polar surface area (TPSA) is 78.1 Å². The van der Waals surface area contributed by atoms with Crippen molar-refractivity contribution in [3.05, 3.63) is 60.2 Å². The summed E-state index contributed by atoms with van der Waals surface area (Å²) < 4.78 is 0. The first-order valence-electron chi connectivity index (χ1n) is 6.10. The molecule has 20 heavy (non-hydrogen) atoms. The van der Waals surface area contributed by atoms with Gasteiger partial charge in [-0.05, 0) is 33.3 Å². The molecule has 0 fully saturated rings. The van der Waals surface area contributed by atoms with Gasteiger partial charge in [-0.25, -0.2) is 0 Å². The maximum atomic E-state index is 4.50. The Bertz CT molecular complexity index is 391. The summed E-state index contributed by atoms with van der Waals surface area (Å²) in [5, 5.41) is 0. The number of hydrogen-bond donors (Lipinski definition) is 3. The first-order valence-corrected chi connectivity index (χ1v) is 6.10. The van der Waals surface area contributed by atoms with Crippen LogP contribution in [-0.4, -0.2) is 21.1 Å². The molecule has 0 spiro atoms. The molecule has 6 N–H and O–H groups in total. The summed E-state index contributed by atoms with van der Waals surface area (Å²) in [6.45, 7) is 0. The quantitative estimate of drug-likeness (QED) is 0.621. The molecule has 0 amide bonds. The van der Waals surface area contributed by atoms with Crippen LogP contribution in [0.3, 0.4) is 0 Å². The van der Waals surface area contributed by atoms with Crippen LogP contribution < -0.4 is 17.2 Å². The molecule has 0 saturated carbocycles. The summed E-state index contributed by atoms with van der Waals surface area (Å²) in [6.07, 6.45) is 8.25. The Balaban J connectivity index is -0.000000368. The van der Waals surface area contributed by atoms with Gasteiger partial charge in [0.1, 0.15) is 0 Å². The maximum Gasteiger partial charge on any atom is 0.0573 e. The van der Waals surface area contributed by atoms with E-state index in [4.69, 9.17) is 0 Å². The third-order valence-corrected chi connectivity index (χ3v) is 1.90. The third kappa shape index (κ3) is 12.1. The van der Waals surface area contributed by atoms with Gasteiger partial charge in [0.25, 0.3) is 0 Å². The molecule has 0 bridgehead atoms. The molecule has 0 heterocycles. The average Bonchev–Trinajstić information content (AvgIpc) is 3.06. The molecule has 0 aromatic heterocycles. The molecule has 0 atom stereocenters. The van der Waals surface area contributed by atoms with E-state index < -0.39 is 0 Å². The molecule has 0 radical (unpaired) electrons. The zero-order chi connectivity index (χ0) is 14.9. The Hall–Kier alpha value is -0.977. The normalized spacial score (nSPS) is 10.1. The van der Waals surface area contributed by atoms with Crippen molar-refractivity contribution in [2.24, 2.45) is 23.1 Å². The van der Waals surface area contributed by atoms with Gasteiger partial charge in [-0.15, -0.1) is 0 Å². The van der Waals surface area contributed by atoms with Gasteiger partial charge in [-0.3, -0.25) is 0 Å². The maximum absolute atomic E-state index is 4.50. The fraction of sp³-hybridized carbons (Fsp3) is 0.250. The van der Waals surface area contributed by atoms with E-state index in [1.54, 1.807) is 0 Å². The first-order chi connectivity index (χ1) is 9.45. The van der Waals surface area contributed by atoms with Crippen molar-refractivity contribution in [3.8, 4) is 11.8 Å². The molecule has 1 aromatic carbocycles. The molecule has 1 aliphatic carbocycles. The summed E-state index contributed by atoms with van der Waals surface area (Å²) in [4.78, 5) is 0. The van der Waals surface area contributed by atoms with E-state index in [2.05, 4.69) is 41.2 Å². The molecule has 0 aliphatic heterocycles. The van der Waals surface area contributed by atoms with Crippen LogP contribution in [0.15, 0.2) is 54.6 Å². The number of allylic oxidation sites excluding steroid dienone is 4. The van der Waals surface area contributed by atoms with Crippen molar-refractivity contribution >= 4 is 0 Å². The van der Waals surface area contributed by atoms with Crippen LogP contribution in [0.25, 0.3) is 0 Å². The average molecular weight is 351 g/mol. The van der Waals surface area contributed by atoms with Crippen molar-refractivity contribution in [1.82, 2.24) is 0 Å². The monoisotopic (exact) mass is 349 g/mol. The Morgan fingerprint density at radius 2 is 1.25 bits per heavy atom. The van der Waals surface area contributed by atoms with Gasteiger partial charge in [0, 0.05) is 31.8 Å². The predicted octanol–water partition coefficient (Wildman–Crippen LogP) is 1.50. The smallest absolute Gasteiger partial charge is 0.0573 e. The van der Waals surface area contributed by atoms with E-state index in [0.29, 0.717) is 5.92 Å². The van der Waals surface area contributed by atoms with Gasteiger partial charge in [0.15, 0.2) is 0 Å². The molecule has 0 saturated heterocycles. The summed E-state index contributed by atoms with van der Waals surface area (Å²) in [5.41, 5.74) is 14.6. The number of nitrogens with two attached hydrogens (primary N) is 3. The fourth-order valence-electron chi connectivity index (χ4n) is 1.22. The molecule has 4 heteroatoms. The second kappa shape index (κ2) is 20.3. The van der Waals surface area contributed by atoms with E-state index in [1.807, 2.05) is 42.5 Å². The molecular formula is C16H25N3Zr. The minimum atomic E-state index is 0. The zero-order valence-electron chi connectivity index (χ0n) is 12.5. The Morgan fingerprint density at radius 1 is 0.800 bits per heavy atom. The van der Waals surface area contributed by atoms with E-state index >= 15 is 0 Å². The number of rotatable bonds is 0. The van der Waals surface area contributed by atoms with E-state index in [9.17, 15) is 0 Å². The fourth-order valence-corrected chi connectivity index (χ4v) is 1.22. The first kappa shape index (κ1) is 24.1. The van der Waals surface area contributed by atoms with E-state index in [1.165, 1.54) is 21.1 Å². The predicted molar refractivity (Wildman–Crippen MR) is 85.4 cm³/mol. The van der Waals surface area contributed by atoms with Crippen LogP contribution in [0, 0.1) is 17.8 Å². The standard InChI is InChI=1S/C13H10.3CH5N.Zr/c1-2-6-12(7-3-1)10-11-13-8-4-5-9-13;3*1-2;/h1-9,13H;3*2H2,1H3;. The molecule has 1 aromatic rings. The van der Waals surface area contributed by atoms with Gasteiger partial charge in [0.2, 0.25) is 0 Å². The minimum Gasteiger partial charge on any atom is -0.333 e. The van der Waals surface area contributed by atoms with Crippen LogP contribution in [0.1, 0.15) is 5.56 Å². The number of hydrogen-bond acceptors (Lipinski definition) is 3. The number of benzene rings is 1. The van der Waals surface area contributed by atoms with E-state index in [0.717, 1.165) is 5.56 Å². The summed E-state index contributed by atoms with van der Waals surface area (Å²) >= 11 is 0. The Morgan fingerprint density at radius 3 is 1.70 bits per heavy atom. The van der Waals surface area contributed by atoms with Gasteiger partial charge in [-0.2, -0.15) is 0 Å². The van der Waals surface area contributed by atoms with Crippen molar-refractivity contribution < 1.29 is 26.2 Å². The minimum absolute atomic E-state index is 0. The third-order valence-electron chi connectivity index (χ3n) is 1.90. The second-order valence-electron chi connectivity index (χ2n) is 2.93. The van der Waals surface area contributed by atoms with Gasteiger partial charge < -0.3 is 17.2 Å². The van der Waals surface area contributed by atoms with Gasteiger partial charge >= 0.3 is 0 Å². The van der Waals surface area contributed by atoms with Gasteiger partial charge in [-0.1, -0.05) is 54.3 Å². The van der Waals surface area contributed by atoms with Crippen molar-refractivity contribution in [1.29, 1.82) is 0 Å². The zero-order valence-corrected chi connectivity index (χ0v) is 15.0. The van der Waals surface area contributed by atoms with Crippen LogP contribution in [0.4, 0.5) is 0 Å². The van der Waals surface area contributed by atoms with Crippen LogP contribution in [0.2, 0.25) is 0 Å². The molecule has 0 unspecified atom stereocenters. The van der Waals surface area contributed by atoms with Crippen LogP contribution in [0.5, 0.6) is 0 Å². The Kier molecular flexibility index (Phi) is 24.5. The summed E-state index contributed by atoms with van der Waals surface area (Å²) in [5.74, 6) is 6.61. The molecule has 1 aliphatic rings. The SMILES string of the molecule is C(#CC1C=CC=C1)c1ccccc1.CN.CN.CN.[Zr]. The summed E-state index contributed by atoms with van der Waals surface area (Å²) in [7, 11) is 4.50. The largest absolute Gasteiger partial charge is 0.333 e. The van der Waals surface area contributed by atoms with Crippen LogP contribution in [-0.2, 0) is 26.2 Å². The summed E-state index contributed by atoms with van der Waals surface area (Å²) in [6, 6.07) is 10.1. The molecule has 108 valence electrons. The van der Waals surface area contributed by atoms with Crippen molar-refractivity contribution in [2.45, 2.75) is 0 Å². The second-order valence-corrected chi connectivity index (χ2v) is 2.93. The van der Waals surface area contributed by atoms with Crippen molar-refractivity contribution in [2.75, 3.05) is 21.1 Å². The molecular weight excluding hydrogens is 325 g/mol. The van der Waals surface area contributed by atoms with Gasteiger partial charge in [0.05, 0.1) is 5.92 Å². The Labute approximate surface area is 142 Å². The van der Waals surface area contributed by atoms with Crippen molar-refractivity contribution in [3.63, 3.8) is 0 Å². The van der Waals surface area contributed by atoms with E-state index in [-0.39, 0.29) is 26.2 Å². The molecule has 3 nitrogen and oxygen atoms in total. The van der Waals surface area contributed by atoms with Crippen LogP contribution >= 0.6 is 0 Å².